The van der Waals surface area contributed by atoms with Gasteiger partial charge in [-0.25, -0.2) is 0 Å². The van der Waals surface area contributed by atoms with Crippen LogP contribution in [0.15, 0.2) is 18.2 Å². The van der Waals surface area contributed by atoms with Crippen molar-refractivity contribution >= 4 is 17.6 Å². The number of ketones is 1. The summed E-state index contributed by atoms with van der Waals surface area (Å²) in [5, 5.41) is 0. The highest BCUT2D eigenvalue weighted by molar-refractivity contribution is 6.01. The standard InChI is InChI=1S/C22H26N2O4/c1-12-2-3-17-15(10-12)16(25)11-22(28-17)7-4-14-18(19(14)22)21(27)24-8-5-13(6-9-24)20(23)26/h2-3,10,13-14,18-19H,4-9,11H2,1H3,(H2,23,26). The van der Waals surface area contributed by atoms with E-state index in [1.165, 1.54) is 0 Å². The minimum atomic E-state index is -0.518. The van der Waals surface area contributed by atoms with Crippen molar-refractivity contribution in [2.75, 3.05) is 13.1 Å². The molecule has 3 fully saturated rings. The van der Waals surface area contributed by atoms with E-state index >= 15 is 0 Å². The van der Waals surface area contributed by atoms with Crippen molar-refractivity contribution in [2.45, 2.75) is 44.6 Å². The number of hydrogen-bond acceptors (Lipinski definition) is 4. The summed E-state index contributed by atoms with van der Waals surface area (Å²) in [5.41, 5.74) is 6.60. The summed E-state index contributed by atoms with van der Waals surface area (Å²) in [6.45, 7) is 3.16. The molecule has 1 spiro atoms. The lowest BCUT2D eigenvalue weighted by Crippen LogP contribution is -2.46. The molecule has 2 aliphatic carbocycles. The van der Waals surface area contributed by atoms with Crippen molar-refractivity contribution in [1.82, 2.24) is 4.90 Å². The first-order valence-corrected chi connectivity index (χ1v) is 10.3. The number of hydrogen-bond donors (Lipinski definition) is 1. The number of Topliss-reactive ketones (excluding diaryl/α,β-unsaturated/α-hetero) is 1. The van der Waals surface area contributed by atoms with Gasteiger partial charge in [-0.2, -0.15) is 0 Å². The molecule has 0 radical (unpaired) electrons. The number of benzene rings is 1. The molecule has 2 amide bonds. The highest BCUT2D eigenvalue weighted by Crippen LogP contribution is 2.66. The molecule has 0 bridgehead atoms. The molecule has 2 N–H and O–H groups in total. The van der Waals surface area contributed by atoms with Crippen molar-refractivity contribution in [3.63, 3.8) is 0 Å². The monoisotopic (exact) mass is 382 g/mol. The molecule has 1 aromatic carbocycles. The van der Waals surface area contributed by atoms with E-state index in [1.807, 2.05) is 30.0 Å². The Bertz CT molecular complexity index is 873. The number of rotatable bonds is 2. The zero-order valence-electron chi connectivity index (χ0n) is 16.1. The predicted octanol–water partition coefficient (Wildman–Crippen LogP) is 2.08. The maximum absolute atomic E-state index is 13.1. The van der Waals surface area contributed by atoms with Gasteiger partial charge in [-0.3, -0.25) is 14.4 Å². The van der Waals surface area contributed by atoms with Crippen LogP contribution < -0.4 is 10.5 Å². The summed E-state index contributed by atoms with van der Waals surface area (Å²) in [6, 6.07) is 5.76. The fourth-order valence-electron chi connectivity index (χ4n) is 5.86. The number of primary amides is 1. The molecule has 4 atom stereocenters. The van der Waals surface area contributed by atoms with E-state index in [0.29, 0.717) is 49.6 Å². The van der Waals surface area contributed by atoms with Crippen molar-refractivity contribution < 1.29 is 19.1 Å². The third kappa shape index (κ3) is 2.57. The van der Waals surface area contributed by atoms with Crippen LogP contribution in [0.2, 0.25) is 0 Å². The van der Waals surface area contributed by atoms with Gasteiger partial charge in [0.1, 0.15) is 11.4 Å². The van der Waals surface area contributed by atoms with Gasteiger partial charge in [0.2, 0.25) is 11.8 Å². The average Bonchev–Trinajstić information content (AvgIpc) is 3.32. The van der Waals surface area contributed by atoms with E-state index in [-0.39, 0.29) is 35.4 Å². The first kappa shape index (κ1) is 17.7. The van der Waals surface area contributed by atoms with Gasteiger partial charge in [0.05, 0.1) is 12.0 Å². The van der Waals surface area contributed by atoms with Crippen LogP contribution >= 0.6 is 0 Å². The maximum Gasteiger partial charge on any atom is 0.226 e. The Morgan fingerprint density at radius 3 is 2.68 bits per heavy atom. The van der Waals surface area contributed by atoms with E-state index in [1.54, 1.807) is 0 Å². The number of likely N-dealkylation sites (tertiary alicyclic amines) is 1. The smallest absolute Gasteiger partial charge is 0.226 e. The Kier molecular flexibility index (Phi) is 3.83. The molecular formula is C22H26N2O4. The molecule has 4 unspecified atom stereocenters. The van der Waals surface area contributed by atoms with E-state index in [0.717, 1.165) is 18.4 Å². The van der Waals surface area contributed by atoms with Crippen molar-refractivity contribution in [2.24, 2.45) is 29.4 Å². The summed E-state index contributed by atoms with van der Waals surface area (Å²) < 4.78 is 6.42. The van der Waals surface area contributed by atoms with Crippen LogP contribution in [-0.4, -0.2) is 41.2 Å². The quantitative estimate of drug-likeness (QED) is 0.848. The first-order valence-electron chi connectivity index (χ1n) is 10.3. The van der Waals surface area contributed by atoms with Crippen molar-refractivity contribution in [1.29, 1.82) is 0 Å². The van der Waals surface area contributed by atoms with E-state index in [2.05, 4.69) is 0 Å². The Morgan fingerprint density at radius 1 is 1.21 bits per heavy atom. The Hall–Kier alpha value is -2.37. The number of piperidine rings is 1. The molecule has 2 aliphatic heterocycles. The molecule has 1 aromatic rings. The second-order valence-electron chi connectivity index (χ2n) is 9.02. The molecule has 148 valence electrons. The van der Waals surface area contributed by atoms with Crippen LogP contribution in [0.25, 0.3) is 0 Å². The molecule has 2 saturated carbocycles. The fourth-order valence-corrected chi connectivity index (χ4v) is 5.86. The molecule has 28 heavy (non-hydrogen) atoms. The van der Waals surface area contributed by atoms with Gasteiger partial charge in [0.15, 0.2) is 5.78 Å². The van der Waals surface area contributed by atoms with Gasteiger partial charge in [-0.1, -0.05) is 11.6 Å². The number of carbonyl (C=O) groups is 3. The molecule has 0 aromatic heterocycles. The number of nitrogens with zero attached hydrogens (tertiary/aromatic N) is 1. The summed E-state index contributed by atoms with van der Waals surface area (Å²) in [7, 11) is 0. The topological polar surface area (TPSA) is 89.7 Å². The van der Waals surface area contributed by atoms with Gasteiger partial charge >= 0.3 is 0 Å². The third-order valence-electron chi connectivity index (χ3n) is 7.38. The lowest BCUT2D eigenvalue weighted by atomic mass is 9.83. The van der Waals surface area contributed by atoms with Crippen LogP contribution in [0, 0.1) is 30.6 Å². The van der Waals surface area contributed by atoms with Gasteiger partial charge in [0.25, 0.3) is 0 Å². The van der Waals surface area contributed by atoms with Crippen LogP contribution in [0.1, 0.15) is 48.0 Å². The average molecular weight is 382 g/mol. The minimum absolute atomic E-state index is 0.0429. The van der Waals surface area contributed by atoms with Gasteiger partial charge < -0.3 is 15.4 Å². The zero-order valence-corrected chi connectivity index (χ0v) is 16.1. The van der Waals surface area contributed by atoms with Gasteiger partial charge in [0, 0.05) is 30.8 Å². The molecule has 5 rings (SSSR count). The molecule has 2 heterocycles. The SMILES string of the molecule is Cc1ccc2c(c1)C(=O)CC1(CCC3C(C(=O)N4CCC(C(N)=O)CC4)C31)O2. The highest BCUT2D eigenvalue weighted by atomic mass is 16.5. The van der Waals surface area contributed by atoms with Gasteiger partial charge in [-0.05, 0) is 50.7 Å². The van der Waals surface area contributed by atoms with Crippen LogP contribution in [0.3, 0.4) is 0 Å². The zero-order chi connectivity index (χ0) is 19.6. The van der Waals surface area contributed by atoms with Crippen molar-refractivity contribution in [3.8, 4) is 5.75 Å². The first-order chi connectivity index (χ1) is 13.4. The van der Waals surface area contributed by atoms with Crippen LogP contribution in [0.5, 0.6) is 5.75 Å². The molecular weight excluding hydrogens is 356 g/mol. The number of fused-ring (bicyclic) bond motifs is 3. The number of carbonyl (C=O) groups excluding carboxylic acids is 3. The number of amides is 2. The van der Waals surface area contributed by atoms with Crippen LogP contribution in [0.4, 0.5) is 0 Å². The Morgan fingerprint density at radius 2 is 1.96 bits per heavy atom. The normalized spacial score (nSPS) is 34.0. The Balaban J connectivity index is 1.32. The summed E-state index contributed by atoms with van der Waals surface area (Å²) >= 11 is 0. The highest BCUT2D eigenvalue weighted by Gasteiger charge is 2.71. The molecule has 4 aliphatic rings. The van der Waals surface area contributed by atoms with Gasteiger partial charge in [-0.15, -0.1) is 0 Å². The number of nitrogens with two attached hydrogens (primary N) is 1. The Labute approximate surface area is 164 Å². The van der Waals surface area contributed by atoms with E-state index < -0.39 is 5.60 Å². The summed E-state index contributed by atoms with van der Waals surface area (Å²) in [6.07, 6.45) is 3.45. The minimum Gasteiger partial charge on any atom is -0.486 e. The largest absolute Gasteiger partial charge is 0.486 e. The van der Waals surface area contributed by atoms with E-state index in [9.17, 15) is 14.4 Å². The second kappa shape index (κ2) is 6.06. The second-order valence-corrected chi connectivity index (χ2v) is 9.02. The molecule has 6 heteroatoms. The number of ether oxygens (including phenoxy) is 1. The molecule has 1 saturated heterocycles. The summed E-state index contributed by atoms with van der Waals surface area (Å²) in [4.78, 5) is 39.2. The third-order valence-corrected chi connectivity index (χ3v) is 7.38. The van der Waals surface area contributed by atoms with E-state index in [4.69, 9.17) is 10.5 Å². The summed E-state index contributed by atoms with van der Waals surface area (Å²) in [5.74, 6) is 0.995. The number of aryl methyl sites for hydroxylation is 1. The maximum atomic E-state index is 13.1. The van der Waals surface area contributed by atoms with Crippen molar-refractivity contribution in [3.05, 3.63) is 29.3 Å². The lowest BCUT2D eigenvalue weighted by molar-refractivity contribution is -0.137. The lowest BCUT2D eigenvalue weighted by Gasteiger charge is -2.38. The molecule has 6 nitrogen and oxygen atoms in total. The predicted molar refractivity (Wildman–Crippen MR) is 102 cm³/mol. The van der Waals surface area contributed by atoms with Crippen LogP contribution in [-0.2, 0) is 9.59 Å². The fraction of sp³-hybridized carbons (Fsp3) is 0.591.